The molecule has 0 saturated heterocycles. The van der Waals surface area contributed by atoms with Crippen LogP contribution < -0.4 is 5.32 Å². The van der Waals surface area contributed by atoms with Crippen LogP contribution in [0, 0.1) is 18.3 Å². The second-order valence-corrected chi connectivity index (χ2v) is 7.26. The molecule has 0 saturated carbocycles. The molecule has 21 heavy (non-hydrogen) atoms. The zero-order valence-corrected chi connectivity index (χ0v) is 14.7. The lowest BCUT2D eigenvalue weighted by atomic mass is 9.92. The number of hydrogen-bond acceptors (Lipinski definition) is 3. The first-order valence-electron chi connectivity index (χ1n) is 8.18. The van der Waals surface area contributed by atoms with Crippen molar-refractivity contribution in [2.45, 2.75) is 48.1 Å². The summed E-state index contributed by atoms with van der Waals surface area (Å²) in [5, 5.41) is 3.59. The molecule has 120 valence electrons. The van der Waals surface area contributed by atoms with Crippen LogP contribution in [-0.4, -0.2) is 36.1 Å². The van der Waals surface area contributed by atoms with Gasteiger partial charge in [0.15, 0.2) is 0 Å². The van der Waals surface area contributed by atoms with Gasteiger partial charge in [-0.2, -0.15) is 0 Å². The van der Waals surface area contributed by atoms with Gasteiger partial charge in [0.2, 0.25) is 0 Å². The molecule has 0 amide bonds. The molecule has 0 radical (unpaired) electrons. The Bertz CT molecular complexity index is 413. The highest BCUT2D eigenvalue weighted by Crippen LogP contribution is 2.17. The van der Waals surface area contributed by atoms with Crippen LogP contribution in [0.2, 0.25) is 0 Å². The van der Waals surface area contributed by atoms with E-state index in [9.17, 15) is 0 Å². The van der Waals surface area contributed by atoms with E-state index in [1.807, 2.05) is 0 Å². The Kier molecular flexibility index (Phi) is 7.33. The Labute approximate surface area is 131 Å². The van der Waals surface area contributed by atoms with Crippen molar-refractivity contribution >= 4 is 0 Å². The standard InChI is InChI=1S/C18H33N3/c1-7-21(12-17-10-8-9-16(4)20-17)14-18(5,6)13-19-11-15(2)3/h8-10,15,19H,7,11-14H2,1-6H3. The summed E-state index contributed by atoms with van der Waals surface area (Å²) in [7, 11) is 0. The first-order chi connectivity index (χ1) is 9.82. The van der Waals surface area contributed by atoms with Crippen molar-refractivity contribution in [2.75, 3.05) is 26.2 Å². The third-order valence-corrected chi connectivity index (χ3v) is 3.59. The quantitative estimate of drug-likeness (QED) is 0.755. The van der Waals surface area contributed by atoms with Crippen molar-refractivity contribution in [3.63, 3.8) is 0 Å². The summed E-state index contributed by atoms with van der Waals surface area (Å²) in [5.74, 6) is 0.708. The van der Waals surface area contributed by atoms with Crippen LogP contribution in [-0.2, 0) is 6.54 Å². The molecule has 1 aromatic rings. The van der Waals surface area contributed by atoms with E-state index >= 15 is 0 Å². The zero-order valence-electron chi connectivity index (χ0n) is 14.7. The smallest absolute Gasteiger partial charge is 0.0547 e. The van der Waals surface area contributed by atoms with Gasteiger partial charge in [0.05, 0.1) is 5.69 Å². The summed E-state index contributed by atoms with van der Waals surface area (Å²) >= 11 is 0. The molecule has 1 N–H and O–H groups in total. The Morgan fingerprint density at radius 1 is 1.29 bits per heavy atom. The first kappa shape index (κ1) is 18.1. The monoisotopic (exact) mass is 291 g/mol. The molecule has 0 aliphatic rings. The number of aromatic nitrogens is 1. The molecule has 1 heterocycles. The zero-order chi connectivity index (χ0) is 15.9. The summed E-state index contributed by atoms with van der Waals surface area (Å²) in [6.45, 7) is 18.7. The lowest BCUT2D eigenvalue weighted by Gasteiger charge is -2.32. The number of nitrogens with one attached hydrogen (secondary N) is 1. The number of pyridine rings is 1. The van der Waals surface area contributed by atoms with Gasteiger partial charge in [-0.25, -0.2) is 0 Å². The van der Waals surface area contributed by atoms with E-state index in [0.717, 1.165) is 38.4 Å². The van der Waals surface area contributed by atoms with Crippen molar-refractivity contribution in [2.24, 2.45) is 11.3 Å². The SMILES string of the molecule is CCN(Cc1cccc(C)n1)CC(C)(C)CNCC(C)C. The van der Waals surface area contributed by atoms with E-state index in [1.54, 1.807) is 0 Å². The van der Waals surface area contributed by atoms with Gasteiger partial charge in [0.1, 0.15) is 0 Å². The molecule has 0 spiro atoms. The maximum absolute atomic E-state index is 4.62. The number of rotatable bonds is 9. The first-order valence-corrected chi connectivity index (χ1v) is 8.18. The summed E-state index contributed by atoms with van der Waals surface area (Å²) in [4.78, 5) is 7.10. The number of hydrogen-bond donors (Lipinski definition) is 1. The maximum Gasteiger partial charge on any atom is 0.0547 e. The van der Waals surface area contributed by atoms with Crippen LogP contribution in [0.3, 0.4) is 0 Å². The number of nitrogens with zero attached hydrogens (tertiary/aromatic N) is 2. The normalized spacial score (nSPS) is 12.4. The van der Waals surface area contributed by atoms with Crippen LogP contribution in [0.25, 0.3) is 0 Å². The topological polar surface area (TPSA) is 28.2 Å². The van der Waals surface area contributed by atoms with Crippen LogP contribution in [0.5, 0.6) is 0 Å². The van der Waals surface area contributed by atoms with E-state index in [2.05, 4.69) is 74.9 Å². The average molecular weight is 291 g/mol. The van der Waals surface area contributed by atoms with Crippen molar-refractivity contribution in [1.29, 1.82) is 0 Å². The van der Waals surface area contributed by atoms with Crippen molar-refractivity contribution in [1.82, 2.24) is 15.2 Å². The van der Waals surface area contributed by atoms with Gasteiger partial charge in [-0.3, -0.25) is 9.88 Å². The van der Waals surface area contributed by atoms with E-state index in [0.29, 0.717) is 5.92 Å². The average Bonchev–Trinajstić information content (AvgIpc) is 2.37. The largest absolute Gasteiger partial charge is 0.316 e. The van der Waals surface area contributed by atoms with Gasteiger partial charge in [-0.15, -0.1) is 0 Å². The molecule has 3 heteroatoms. The van der Waals surface area contributed by atoms with Crippen LogP contribution in [0.1, 0.15) is 46.0 Å². The predicted molar refractivity (Wildman–Crippen MR) is 91.4 cm³/mol. The molecule has 1 rings (SSSR count). The molecule has 0 fully saturated rings. The van der Waals surface area contributed by atoms with Crippen molar-refractivity contribution in [3.8, 4) is 0 Å². The van der Waals surface area contributed by atoms with E-state index in [-0.39, 0.29) is 5.41 Å². The fraction of sp³-hybridized carbons (Fsp3) is 0.722. The highest BCUT2D eigenvalue weighted by atomic mass is 15.1. The molecule has 1 aromatic heterocycles. The van der Waals surface area contributed by atoms with Gasteiger partial charge in [-0.05, 0) is 43.5 Å². The summed E-state index contributed by atoms with van der Waals surface area (Å²) in [6, 6.07) is 6.28. The third-order valence-electron chi connectivity index (χ3n) is 3.59. The van der Waals surface area contributed by atoms with Gasteiger partial charge in [-0.1, -0.05) is 40.7 Å². The molecular formula is C18H33N3. The fourth-order valence-electron chi connectivity index (χ4n) is 2.56. The van der Waals surface area contributed by atoms with E-state index in [4.69, 9.17) is 0 Å². The van der Waals surface area contributed by atoms with Gasteiger partial charge in [0, 0.05) is 25.3 Å². The summed E-state index contributed by atoms with van der Waals surface area (Å²) < 4.78 is 0. The fourth-order valence-corrected chi connectivity index (χ4v) is 2.56. The lowest BCUT2D eigenvalue weighted by molar-refractivity contribution is 0.172. The Morgan fingerprint density at radius 3 is 2.57 bits per heavy atom. The minimum absolute atomic E-state index is 0.273. The minimum Gasteiger partial charge on any atom is -0.316 e. The Hall–Kier alpha value is -0.930. The Balaban J connectivity index is 2.52. The minimum atomic E-state index is 0.273. The third kappa shape index (κ3) is 7.58. The maximum atomic E-state index is 4.62. The van der Waals surface area contributed by atoms with Gasteiger partial charge in [0.25, 0.3) is 0 Å². The van der Waals surface area contributed by atoms with E-state index < -0.39 is 0 Å². The van der Waals surface area contributed by atoms with Crippen molar-refractivity contribution < 1.29 is 0 Å². The van der Waals surface area contributed by atoms with E-state index in [1.165, 1.54) is 5.69 Å². The molecule has 0 aliphatic heterocycles. The van der Waals surface area contributed by atoms with Crippen LogP contribution in [0.15, 0.2) is 18.2 Å². The highest BCUT2D eigenvalue weighted by Gasteiger charge is 2.21. The van der Waals surface area contributed by atoms with Crippen molar-refractivity contribution in [3.05, 3.63) is 29.6 Å². The molecule has 0 atom stereocenters. The molecule has 0 aliphatic carbocycles. The van der Waals surface area contributed by atoms with Crippen LogP contribution in [0.4, 0.5) is 0 Å². The molecule has 0 bridgehead atoms. The molecule has 0 unspecified atom stereocenters. The number of aryl methyl sites for hydroxylation is 1. The predicted octanol–water partition coefficient (Wildman–Crippen LogP) is 3.48. The second-order valence-electron chi connectivity index (χ2n) is 7.26. The summed E-state index contributed by atoms with van der Waals surface area (Å²) in [6.07, 6.45) is 0. The Morgan fingerprint density at radius 2 is 2.00 bits per heavy atom. The highest BCUT2D eigenvalue weighted by molar-refractivity contribution is 5.09. The molecule has 3 nitrogen and oxygen atoms in total. The summed E-state index contributed by atoms with van der Waals surface area (Å²) in [5.41, 5.74) is 2.54. The van der Waals surface area contributed by atoms with Crippen LogP contribution >= 0.6 is 0 Å². The van der Waals surface area contributed by atoms with Gasteiger partial charge >= 0.3 is 0 Å². The second kappa shape index (κ2) is 8.50. The lowest BCUT2D eigenvalue weighted by Crippen LogP contribution is -2.41. The molecular weight excluding hydrogens is 258 g/mol. The van der Waals surface area contributed by atoms with Gasteiger partial charge < -0.3 is 5.32 Å². The molecule has 0 aromatic carbocycles.